The third kappa shape index (κ3) is 2.58. The van der Waals surface area contributed by atoms with Crippen LogP contribution in [-0.2, 0) is 0 Å². The van der Waals surface area contributed by atoms with E-state index in [0.29, 0.717) is 28.9 Å². The zero-order chi connectivity index (χ0) is 18.3. The number of benzene rings is 2. The highest BCUT2D eigenvalue weighted by Gasteiger charge is 2.35. The number of hydrogen-bond donors (Lipinski definition) is 1. The number of fused-ring (bicyclic) bond motifs is 2. The standard InChI is InChI=1S/C21H17NO4/c1-3-10-25-14-7-5-13(6-8-14)18-17-19(23)15-11-12(2)4-9-16(15)26-20(17)21(24)22-18/h3-9,11,18H,1,10H2,2H3,(H,22,24). The molecule has 1 amide bonds. The average Bonchev–Trinajstić information content (AvgIpc) is 2.98. The Labute approximate surface area is 149 Å². The number of rotatable bonds is 4. The van der Waals surface area contributed by atoms with Gasteiger partial charge in [-0.05, 0) is 36.8 Å². The molecule has 4 rings (SSSR count). The second kappa shape index (κ2) is 6.19. The van der Waals surface area contributed by atoms with Crippen molar-refractivity contribution in [2.45, 2.75) is 13.0 Å². The molecular formula is C21H17NO4. The molecule has 0 spiro atoms. The highest BCUT2D eigenvalue weighted by Crippen LogP contribution is 2.31. The van der Waals surface area contributed by atoms with Gasteiger partial charge in [0.25, 0.3) is 5.91 Å². The van der Waals surface area contributed by atoms with Crippen LogP contribution < -0.4 is 15.5 Å². The number of aryl methyl sites for hydroxylation is 1. The highest BCUT2D eigenvalue weighted by atomic mass is 16.5. The highest BCUT2D eigenvalue weighted by molar-refractivity contribution is 5.99. The lowest BCUT2D eigenvalue weighted by Crippen LogP contribution is -2.21. The van der Waals surface area contributed by atoms with E-state index in [4.69, 9.17) is 9.15 Å². The van der Waals surface area contributed by atoms with Crippen molar-refractivity contribution < 1.29 is 13.9 Å². The van der Waals surface area contributed by atoms with Crippen molar-refractivity contribution >= 4 is 16.9 Å². The molecule has 0 bridgehead atoms. The molecule has 1 aromatic heterocycles. The van der Waals surface area contributed by atoms with Crippen molar-refractivity contribution in [1.29, 1.82) is 0 Å². The molecule has 5 heteroatoms. The minimum atomic E-state index is -0.535. The summed E-state index contributed by atoms with van der Waals surface area (Å²) in [5.74, 6) is 0.402. The molecule has 0 fully saturated rings. The molecule has 0 saturated carbocycles. The monoisotopic (exact) mass is 347 g/mol. The normalized spacial score (nSPS) is 15.6. The Kier molecular flexibility index (Phi) is 3.84. The lowest BCUT2D eigenvalue weighted by Gasteiger charge is -2.12. The van der Waals surface area contributed by atoms with Crippen LogP contribution in [0.2, 0.25) is 0 Å². The fourth-order valence-electron chi connectivity index (χ4n) is 3.18. The van der Waals surface area contributed by atoms with E-state index in [1.54, 1.807) is 30.3 Å². The second-order valence-corrected chi connectivity index (χ2v) is 6.25. The minimum Gasteiger partial charge on any atom is -0.490 e. The Bertz CT molecular complexity index is 1080. The van der Waals surface area contributed by atoms with Gasteiger partial charge < -0.3 is 14.5 Å². The van der Waals surface area contributed by atoms with Crippen molar-refractivity contribution in [3.05, 3.63) is 87.8 Å². The maximum atomic E-state index is 13.0. The number of nitrogens with one attached hydrogen (secondary N) is 1. The van der Waals surface area contributed by atoms with E-state index in [1.807, 2.05) is 25.1 Å². The van der Waals surface area contributed by atoms with E-state index in [-0.39, 0.29) is 17.1 Å². The Morgan fingerprint density at radius 1 is 1.19 bits per heavy atom. The molecule has 2 heterocycles. The van der Waals surface area contributed by atoms with Gasteiger partial charge in [-0.25, -0.2) is 0 Å². The van der Waals surface area contributed by atoms with Crippen LogP contribution in [0, 0.1) is 6.92 Å². The summed E-state index contributed by atoms with van der Waals surface area (Å²) in [6.45, 7) is 5.94. The molecule has 1 unspecified atom stereocenters. The number of amides is 1. The van der Waals surface area contributed by atoms with Crippen molar-refractivity contribution in [3.8, 4) is 5.75 Å². The predicted molar refractivity (Wildman–Crippen MR) is 98.7 cm³/mol. The van der Waals surface area contributed by atoms with Gasteiger partial charge in [-0.15, -0.1) is 0 Å². The Morgan fingerprint density at radius 3 is 2.69 bits per heavy atom. The maximum absolute atomic E-state index is 13.0. The van der Waals surface area contributed by atoms with Crippen LogP contribution in [0.15, 0.2) is 64.3 Å². The molecule has 0 aliphatic carbocycles. The first-order valence-electron chi connectivity index (χ1n) is 8.30. The zero-order valence-electron chi connectivity index (χ0n) is 14.2. The van der Waals surface area contributed by atoms with Crippen molar-refractivity contribution in [3.63, 3.8) is 0 Å². The van der Waals surface area contributed by atoms with E-state index in [0.717, 1.165) is 11.1 Å². The molecule has 5 nitrogen and oxygen atoms in total. The summed E-state index contributed by atoms with van der Waals surface area (Å²) in [6.07, 6.45) is 1.67. The van der Waals surface area contributed by atoms with Gasteiger partial charge in [0.15, 0.2) is 5.43 Å². The molecular weight excluding hydrogens is 330 g/mol. The van der Waals surface area contributed by atoms with Crippen molar-refractivity contribution in [2.75, 3.05) is 6.61 Å². The van der Waals surface area contributed by atoms with E-state index in [9.17, 15) is 9.59 Å². The Balaban J connectivity index is 1.81. The van der Waals surface area contributed by atoms with E-state index in [2.05, 4.69) is 11.9 Å². The Hall–Kier alpha value is -3.34. The lowest BCUT2D eigenvalue weighted by molar-refractivity contribution is 0.0938. The van der Waals surface area contributed by atoms with Crippen LogP contribution in [0.3, 0.4) is 0 Å². The van der Waals surface area contributed by atoms with Crippen LogP contribution in [-0.4, -0.2) is 12.5 Å². The smallest absolute Gasteiger partial charge is 0.288 e. The van der Waals surface area contributed by atoms with Crippen LogP contribution in [0.25, 0.3) is 11.0 Å². The molecule has 1 aliphatic rings. The summed E-state index contributed by atoms with van der Waals surface area (Å²) >= 11 is 0. The molecule has 0 radical (unpaired) electrons. The third-order valence-corrected chi connectivity index (χ3v) is 4.43. The van der Waals surface area contributed by atoms with E-state index < -0.39 is 6.04 Å². The fraction of sp³-hybridized carbons (Fsp3) is 0.143. The van der Waals surface area contributed by atoms with Crippen LogP contribution >= 0.6 is 0 Å². The van der Waals surface area contributed by atoms with Gasteiger partial charge in [-0.1, -0.05) is 36.4 Å². The van der Waals surface area contributed by atoms with Gasteiger partial charge in [0.05, 0.1) is 17.0 Å². The third-order valence-electron chi connectivity index (χ3n) is 4.43. The number of carbonyl (C=O) groups is 1. The molecule has 1 N–H and O–H groups in total. The summed E-state index contributed by atoms with van der Waals surface area (Å²) in [5, 5.41) is 3.32. The molecule has 1 atom stereocenters. The maximum Gasteiger partial charge on any atom is 0.288 e. The first-order chi connectivity index (χ1) is 12.6. The van der Waals surface area contributed by atoms with E-state index >= 15 is 0 Å². The van der Waals surface area contributed by atoms with E-state index in [1.165, 1.54) is 0 Å². The molecule has 2 aromatic carbocycles. The first-order valence-corrected chi connectivity index (χ1v) is 8.30. The quantitative estimate of drug-likeness (QED) is 0.734. The van der Waals surface area contributed by atoms with Crippen LogP contribution in [0.4, 0.5) is 0 Å². The zero-order valence-corrected chi connectivity index (χ0v) is 14.2. The molecule has 0 saturated heterocycles. The summed E-state index contributed by atoms with van der Waals surface area (Å²) in [7, 11) is 0. The van der Waals surface area contributed by atoms with Gasteiger partial charge in [0.1, 0.15) is 17.9 Å². The molecule has 3 aromatic rings. The summed E-state index contributed by atoms with van der Waals surface area (Å²) in [4.78, 5) is 25.4. The van der Waals surface area contributed by atoms with Crippen LogP contribution in [0.1, 0.15) is 33.3 Å². The topological polar surface area (TPSA) is 68.5 Å². The molecule has 130 valence electrons. The minimum absolute atomic E-state index is 0.0864. The van der Waals surface area contributed by atoms with Gasteiger partial charge in [0.2, 0.25) is 5.76 Å². The molecule has 1 aliphatic heterocycles. The first kappa shape index (κ1) is 16.1. The number of carbonyl (C=O) groups excluding carboxylic acids is 1. The summed E-state index contributed by atoms with van der Waals surface area (Å²) in [6, 6.07) is 12.1. The largest absolute Gasteiger partial charge is 0.490 e. The average molecular weight is 347 g/mol. The Morgan fingerprint density at radius 2 is 1.96 bits per heavy atom. The predicted octanol–water partition coefficient (Wildman–Crippen LogP) is 3.50. The lowest BCUT2D eigenvalue weighted by atomic mass is 9.99. The van der Waals surface area contributed by atoms with Gasteiger partial charge in [-0.3, -0.25) is 9.59 Å². The number of ether oxygens (including phenoxy) is 1. The van der Waals surface area contributed by atoms with Crippen molar-refractivity contribution in [1.82, 2.24) is 5.32 Å². The second-order valence-electron chi connectivity index (χ2n) is 6.25. The van der Waals surface area contributed by atoms with Gasteiger partial charge in [-0.2, -0.15) is 0 Å². The van der Waals surface area contributed by atoms with Gasteiger partial charge >= 0.3 is 0 Å². The SMILES string of the molecule is C=CCOc1ccc(C2NC(=O)c3oc4ccc(C)cc4c(=O)c32)cc1. The summed E-state index contributed by atoms with van der Waals surface area (Å²) in [5.41, 5.74) is 2.35. The van der Waals surface area contributed by atoms with Gasteiger partial charge in [0, 0.05) is 0 Å². The van der Waals surface area contributed by atoms with Crippen LogP contribution in [0.5, 0.6) is 5.75 Å². The summed E-state index contributed by atoms with van der Waals surface area (Å²) < 4.78 is 11.2. The van der Waals surface area contributed by atoms with Crippen molar-refractivity contribution in [2.24, 2.45) is 0 Å². The number of hydrogen-bond acceptors (Lipinski definition) is 4. The molecule has 26 heavy (non-hydrogen) atoms. The fourth-order valence-corrected chi connectivity index (χ4v) is 3.18.